The molecule has 13 heavy (non-hydrogen) atoms. The zero-order valence-corrected chi connectivity index (χ0v) is 8.12. The van der Waals surface area contributed by atoms with Crippen molar-refractivity contribution in [2.75, 3.05) is 0 Å². The molecule has 0 aliphatic rings. The first-order chi connectivity index (χ1) is 6.27. The lowest BCUT2D eigenvalue weighted by Crippen LogP contribution is -1.84. The Morgan fingerprint density at radius 1 is 1.23 bits per heavy atom. The number of hydrogen-bond acceptors (Lipinski definition) is 1. The molecule has 1 atom stereocenters. The average Bonchev–Trinajstić information content (AvgIpc) is 2.17. The molecule has 1 heterocycles. The fourth-order valence-electron chi connectivity index (χ4n) is 1.35. The molecular formula is C11H10ClN. The third kappa shape index (κ3) is 1.65. The summed E-state index contributed by atoms with van der Waals surface area (Å²) in [5.41, 5.74) is 1.15. The fraction of sp³-hybridized carbons (Fsp3) is 0.182. The van der Waals surface area contributed by atoms with Crippen LogP contribution in [0, 0.1) is 0 Å². The van der Waals surface area contributed by atoms with Crippen LogP contribution in [-0.2, 0) is 0 Å². The van der Waals surface area contributed by atoms with E-state index in [1.54, 1.807) is 6.20 Å². The van der Waals surface area contributed by atoms with Crippen LogP contribution in [0.1, 0.15) is 17.9 Å². The molecule has 0 N–H and O–H groups in total. The number of fused-ring (bicyclic) bond motifs is 1. The summed E-state index contributed by atoms with van der Waals surface area (Å²) in [5, 5.41) is 2.42. The van der Waals surface area contributed by atoms with Gasteiger partial charge in [0, 0.05) is 17.8 Å². The predicted molar refractivity (Wildman–Crippen MR) is 56.0 cm³/mol. The molecule has 1 aromatic carbocycles. The van der Waals surface area contributed by atoms with E-state index >= 15 is 0 Å². The molecule has 1 nitrogen and oxygen atoms in total. The van der Waals surface area contributed by atoms with Crippen molar-refractivity contribution in [3.05, 3.63) is 42.2 Å². The summed E-state index contributed by atoms with van der Waals surface area (Å²) in [6.45, 7) is 1.98. The molecule has 66 valence electrons. The SMILES string of the molecule is CC(Cl)c1ccc2cnccc2c1. The van der Waals surface area contributed by atoms with Gasteiger partial charge in [-0.05, 0) is 30.0 Å². The van der Waals surface area contributed by atoms with Crippen molar-refractivity contribution in [3.8, 4) is 0 Å². The molecule has 2 rings (SSSR count). The van der Waals surface area contributed by atoms with Crippen molar-refractivity contribution in [3.63, 3.8) is 0 Å². The second kappa shape index (κ2) is 3.35. The van der Waals surface area contributed by atoms with Crippen molar-refractivity contribution in [2.45, 2.75) is 12.3 Å². The van der Waals surface area contributed by atoms with Crippen molar-refractivity contribution in [1.29, 1.82) is 0 Å². The van der Waals surface area contributed by atoms with E-state index in [4.69, 9.17) is 11.6 Å². The molecule has 2 aromatic rings. The Morgan fingerprint density at radius 3 is 2.85 bits per heavy atom. The molecule has 0 saturated carbocycles. The van der Waals surface area contributed by atoms with Crippen LogP contribution in [0.15, 0.2) is 36.7 Å². The van der Waals surface area contributed by atoms with Crippen LogP contribution in [0.4, 0.5) is 0 Å². The highest BCUT2D eigenvalue weighted by Crippen LogP contribution is 2.23. The molecule has 0 saturated heterocycles. The number of halogens is 1. The van der Waals surface area contributed by atoms with E-state index in [0.29, 0.717) is 0 Å². The molecule has 0 aliphatic heterocycles. The first-order valence-corrected chi connectivity index (χ1v) is 4.69. The summed E-state index contributed by atoms with van der Waals surface area (Å²) in [7, 11) is 0. The van der Waals surface area contributed by atoms with Crippen LogP contribution in [0.5, 0.6) is 0 Å². The number of benzene rings is 1. The summed E-state index contributed by atoms with van der Waals surface area (Å²) < 4.78 is 0. The molecular weight excluding hydrogens is 182 g/mol. The first-order valence-electron chi connectivity index (χ1n) is 4.25. The van der Waals surface area contributed by atoms with Crippen LogP contribution in [0.2, 0.25) is 0 Å². The highest BCUT2D eigenvalue weighted by atomic mass is 35.5. The Kier molecular flexibility index (Phi) is 2.19. The predicted octanol–water partition coefficient (Wildman–Crippen LogP) is 3.53. The average molecular weight is 192 g/mol. The molecule has 0 spiro atoms. The minimum Gasteiger partial charge on any atom is -0.264 e. The van der Waals surface area contributed by atoms with Crippen LogP contribution < -0.4 is 0 Å². The maximum atomic E-state index is 5.99. The van der Waals surface area contributed by atoms with Crippen LogP contribution >= 0.6 is 11.6 Å². The summed E-state index contributed by atoms with van der Waals surface area (Å²) in [5.74, 6) is 0. The van der Waals surface area contributed by atoms with Gasteiger partial charge in [-0.2, -0.15) is 0 Å². The molecule has 0 fully saturated rings. The smallest absolute Gasteiger partial charge is 0.0557 e. The highest BCUT2D eigenvalue weighted by Gasteiger charge is 2.01. The zero-order valence-electron chi connectivity index (χ0n) is 7.37. The number of nitrogens with zero attached hydrogens (tertiary/aromatic N) is 1. The normalized spacial score (nSPS) is 13.1. The van der Waals surface area contributed by atoms with Gasteiger partial charge in [-0.15, -0.1) is 11.6 Å². The number of aromatic nitrogens is 1. The van der Waals surface area contributed by atoms with E-state index in [0.717, 1.165) is 10.9 Å². The van der Waals surface area contributed by atoms with Crippen molar-refractivity contribution < 1.29 is 0 Å². The maximum Gasteiger partial charge on any atom is 0.0557 e. The summed E-state index contributed by atoms with van der Waals surface area (Å²) in [6.07, 6.45) is 3.66. The summed E-state index contributed by atoms with van der Waals surface area (Å²) in [4.78, 5) is 4.05. The molecule has 0 aliphatic carbocycles. The molecule has 0 amide bonds. The monoisotopic (exact) mass is 191 g/mol. The third-order valence-corrected chi connectivity index (χ3v) is 2.38. The van der Waals surface area contributed by atoms with Crippen molar-refractivity contribution in [1.82, 2.24) is 4.98 Å². The second-order valence-electron chi connectivity index (χ2n) is 3.10. The van der Waals surface area contributed by atoms with Gasteiger partial charge in [-0.3, -0.25) is 4.98 Å². The quantitative estimate of drug-likeness (QED) is 0.629. The summed E-state index contributed by atoms with van der Waals surface area (Å²) in [6, 6.07) is 8.20. The standard InChI is InChI=1S/C11H10ClN/c1-8(12)9-2-3-11-7-13-5-4-10(11)6-9/h2-8H,1H3. The molecule has 1 aromatic heterocycles. The van der Waals surface area contributed by atoms with E-state index in [1.165, 1.54) is 5.39 Å². The molecule has 2 heteroatoms. The van der Waals surface area contributed by atoms with Crippen molar-refractivity contribution in [2.24, 2.45) is 0 Å². The number of hydrogen-bond donors (Lipinski definition) is 0. The second-order valence-corrected chi connectivity index (χ2v) is 3.75. The Balaban J connectivity index is 2.62. The van der Waals surface area contributed by atoms with E-state index < -0.39 is 0 Å². The maximum absolute atomic E-state index is 5.99. The van der Waals surface area contributed by atoms with Gasteiger partial charge in [0.2, 0.25) is 0 Å². The minimum atomic E-state index is 0.0672. The molecule has 0 bridgehead atoms. The van der Waals surface area contributed by atoms with Crippen LogP contribution in [-0.4, -0.2) is 4.98 Å². The Labute approximate surface area is 82.4 Å². The highest BCUT2D eigenvalue weighted by molar-refractivity contribution is 6.20. The minimum absolute atomic E-state index is 0.0672. The lowest BCUT2D eigenvalue weighted by molar-refractivity contribution is 1.09. The van der Waals surface area contributed by atoms with E-state index in [2.05, 4.69) is 17.1 Å². The fourth-order valence-corrected chi connectivity index (χ4v) is 1.48. The van der Waals surface area contributed by atoms with Gasteiger partial charge < -0.3 is 0 Å². The molecule has 1 unspecified atom stereocenters. The van der Waals surface area contributed by atoms with Gasteiger partial charge in [0.15, 0.2) is 0 Å². The zero-order chi connectivity index (χ0) is 9.26. The van der Waals surface area contributed by atoms with E-state index in [1.807, 2.05) is 25.3 Å². The lowest BCUT2D eigenvalue weighted by Gasteiger charge is -2.04. The summed E-state index contributed by atoms with van der Waals surface area (Å²) >= 11 is 5.99. The molecule has 0 radical (unpaired) electrons. The Morgan fingerprint density at radius 2 is 2.08 bits per heavy atom. The lowest BCUT2D eigenvalue weighted by atomic mass is 10.1. The third-order valence-electron chi connectivity index (χ3n) is 2.12. The van der Waals surface area contributed by atoms with Gasteiger partial charge in [-0.1, -0.05) is 12.1 Å². The first kappa shape index (κ1) is 8.52. The van der Waals surface area contributed by atoms with E-state index in [9.17, 15) is 0 Å². The number of alkyl halides is 1. The van der Waals surface area contributed by atoms with Crippen LogP contribution in [0.3, 0.4) is 0 Å². The van der Waals surface area contributed by atoms with Crippen molar-refractivity contribution >= 4 is 22.4 Å². The van der Waals surface area contributed by atoms with Gasteiger partial charge in [0.25, 0.3) is 0 Å². The Bertz CT molecular complexity index is 423. The van der Waals surface area contributed by atoms with Crippen LogP contribution in [0.25, 0.3) is 10.8 Å². The van der Waals surface area contributed by atoms with Gasteiger partial charge >= 0.3 is 0 Å². The largest absolute Gasteiger partial charge is 0.264 e. The number of pyridine rings is 1. The topological polar surface area (TPSA) is 12.9 Å². The van der Waals surface area contributed by atoms with Gasteiger partial charge in [0.1, 0.15) is 0 Å². The Hall–Kier alpha value is -1.08. The van der Waals surface area contributed by atoms with E-state index in [-0.39, 0.29) is 5.38 Å². The van der Waals surface area contributed by atoms with Gasteiger partial charge in [-0.25, -0.2) is 0 Å². The number of rotatable bonds is 1. The van der Waals surface area contributed by atoms with Gasteiger partial charge in [0.05, 0.1) is 5.38 Å².